The minimum atomic E-state index is -4.59. The number of alkyl halides is 3. The second-order valence-electron chi connectivity index (χ2n) is 6.19. The molecule has 2 aromatic rings. The van der Waals surface area contributed by atoms with Gasteiger partial charge in [-0.25, -0.2) is 13.8 Å². The van der Waals surface area contributed by atoms with Crippen LogP contribution in [0.25, 0.3) is 0 Å². The Balaban J connectivity index is 2.24. The summed E-state index contributed by atoms with van der Waals surface area (Å²) in [6, 6.07) is 9.06. The predicted molar refractivity (Wildman–Crippen MR) is 109 cm³/mol. The number of ether oxygens (including phenoxy) is 2. The third-order valence-electron chi connectivity index (χ3n) is 4.00. The van der Waals surface area contributed by atoms with E-state index in [0.29, 0.717) is 5.75 Å². The van der Waals surface area contributed by atoms with Crippen LogP contribution in [0.15, 0.2) is 47.6 Å². The topological polar surface area (TPSA) is 97.3 Å². The van der Waals surface area contributed by atoms with E-state index >= 15 is 0 Å². The van der Waals surface area contributed by atoms with E-state index in [0.717, 1.165) is 22.8 Å². The maximum absolute atomic E-state index is 13.0. The number of methoxy groups -OCH3 is 2. The molecule has 12 heteroatoms. The van der Waals surface area contributed by atoms with Gasteiger partial charge in [-0.3, -0.25) is 9.10 Å². The van der Waals surface area contributed by atoms with Gasteiger partial charge in [0.15, 0.2) is 0 Å². The van der Waals surface area contributed by atoms with Crippen LogP contribution in [0.3, 0.4) is 0 Å². The molecule has 0 spiro atoms. The maximum Gasteiger partial charge on any atom is 0.417 e. The number of anilines is 1. The Morgan fingerprint density at radius 2 is 1.84 bits per heavy atom. The summed E-state index contributed by atoms with van der Waals surface area (Å²) in [6.45, 7) is -0.694. The summed E-state index contributed by atoms with van der Waals surface area (Å²) in [4.78, 5) is 12.3. The number of nitrogens with one attached hydrogen (secondary N) is 1. The number of hydrazone groups is 1. The molecule has 168 valence electrons. The molecular formula is C19H20F3N3O5S. The van der Waals surface area contributed by atoms with Crippen molar-refractivity contribution in [3.05, 3.63) is 53.6 Å². The van der Waals surface area contributed by atoms with Gasteiger partial charge >= 0.3 is 6.18 Å². The predicted octanol–water partition coefficient (Wildman–Crippen LogP) is 2.64. The van der Waals surface area contributed by atoms with E-state index in [-0.39, 0.29) is 17.0 Å². The van der Waals surface area contributed by atoms with Crippen LogP contribution >= 0.6 is 0 Å². The van der Waals surface area contributed by atoms with Crippen LogP contribution in [-0.2, 0) is 21.0 Å². The van der Waals surface area contributed by atoms with Crippen molar-refractivity contribution in [1.29, 1.82) is 0 Å². The van der Waals surface area contributed by atoms with Crippen molar-refractivity contribution in [2.24, 2.45) is 5.10 Å². The zero-order chi connectivity index (χ0) is 23.2. The molecule has 0 radical (unpaired) electrons. The van der Waals surface area contributed by atoms with Crippen LogP contribution in [-0.4, -0.2) is 47.6 Å². The Morgan fingerprint density at radius 1 is 1.16 bits per heavy atom. The number of halogens is 3. The number of carbonyl (C=O) groups is 1. The number of hydrogen-bond donors (Lipinski definition) is 1. The highest BCUT2D eigenvalue weighted by Crippen LogP contribution is 2.33. The number of benzene rings is 2. The molecule has 0 aliphatic rings. The Kier molecular flexibility index (Phi) is 7.50. The molecule has 0 fully saturated rings. The highest BCUT2D eigenvalue weighted by molar-refractivity contribution is 7.92. The molecule has 1 N–H and O–H groups in total. The Bertz CT molecular complexity index is 1070. The summed E-state index contributed by atoms with van der Waals surface area (Å²) in [7, 11) is -1.22. The van der Waals surface area contributed by atoms with E-state index in [4.69, 9.17) is 9.47 Å². The van der Waals surface area contributed by atoms with E-state index in [9.17, 15) is 26.4 Å². The third-order valence-corrected chi connectivity index (χ3v) is 5.13. The molecule has 2 aromatic carbocycles. The van der Waals surface area contributed by atoms with Crippen molar-refractivity contribution in [3.8, 4) is 11.5 Å². The molecule has 0 aliphatic heterocycles. The molecule has 0 bridgehead atoms. The highest BCUT2D eigenvalue weighted by Gasteiger charge is 2.32. The molecule has 1 amide bonds. The van der Waals surface area contributed by atoms with Crippen LogP contribution in [0.2, 0.25) is 0 Å². The fourth-order valence-corrected chi connectivity index (χ4v) is 3.43. The van der Waals surface area contributed by atoms with Crippen molar-refractivity contribution in [2.75, 3.05) is 31.3 Å². The van der Waals surface area contributed by atoms with Crippen LogP contribution in [0.1, 0.15) is 11.1 Å². The number of sulfonamides is 1. The summed E-state index contributed by atoms with van der Waals surface area (Å²) in [6.07, 6.45) is -2.87. The van der Waals surface area contributed by atoms with Gasteiger partial charge in [-0.2, -0.15) is 18.3 Å². The normalized spacial score (nSPS) is 11.9. The van der Waals surface area contributed by atoms with Crippen molar-refractivity contribution in [1.82, 2.24) is 5.43 Å². The molecule has 0 heterocycles. The van der Waals surface area contributed by atoms with Crippen molar-refractivity contribution >= 4 is 27.8 Å². The summed E-state index contributed by atoms with van der Waals surface area (Å²) in [5.41, 5.74) is 0.897. The van der Waals surface area contributed by atoms with E-state index in [1.807, 2.05) is 5.43 Å². The number of nitrogens with zero attached hydrogens (tertiary/aromatic N) is 2. The highest BCUT2D eigenvalue weighted by atomic mass is 32.2. The quantitative estimate of drug-likeness (QED) is 0.484. The lowest BCUT2D eigenvalue weighted by atomic mass is 10.1. The molecule has 0 unspecified atom stereocenters. The van der Waals surface area contributed by atoms with Crippen molar-refractivity contribution in [3.63, 3.8) is 0 Å². The Hall–Kier alpha value is -3.28. The summed E-state index contributed by atoms with van der Waals surface area (Å²) in [5, 5.41) is 3.52. The molecular weight excluding hydrogens is 439 g/mol. The van der Waals surface area contributed by atoms with E-state index in [1.165, 1.54) is 44.6 Å². The largest absolute Gasteiger partial charge is 0.497 e. The van der Waals surface area contributed by atoms with E-state index in [2.05, 4.69) is 5.10 Å². The van der Waals surface area contributed by atoms with Gasteiger partial charge in [0.2, 0.25) is 10.0 Å². The first-order chi connectivity index (χ1) is 14.5. The van der Waals surface area contributed by atoms with E-state index in [1.54, 1.807) is 6.07 Å². The average molecular weight is 459 g/mol. The van der Waals surface area contributed by atoms with Crippen molar-refractivity contribution < 1.29 is 35.9 Å². The van der Waals surface area contributed by atoms with Crippen LogP contribution in [0.4, 0.5) is 18.9 Å². The molecule has 0 aliphatic carbocycles. The van der Waals surface area contributed by atoms with Crippen LogP contribution in [0.5, 0.6) is 11.5 Å². The van der Waals surface area contributed by atoms with Gasteiger partial charge < -0.3 is 9.47 Å². The van der Waals surface area contributed by atoms with Crippen molar-refractivity contribution in [2.45, 2.75) is 6.18 Å². The molecule has 0 saturated heterocycles. The van der Waals surface area contributed by atoms with Gasteiger partial charge in [0.05, 0.1) is 37.9 Å². The van der Waals surface area contributed by atoms with Gasteiger partial charge in [-0.05, 0) is 18.2 Å². The minimum absolute atomic E-state index is 0.0471. The van der Waals surface area contributed by atoms with Gasteiger partial charge in [0, 0.05) is 11.6 Å². The molecule has 0 saturated carbocycles. The summed E-state index contributed by atoms with van der Waals surface area (Å²) >= 11 is 0. The SMILES string of the molecule is COc1ccc(OC)c(N(CC(=O)N/N=C\c2ccccc2C(F)(F)F)S(C)(=O)=O)c1. The minimum Gasteiger partial charge on any atom is -0.497 e. The van der Waals surface area contributed by atoms with Gasteiger partial charge in [0.1, 0.15) is 18.0 Å². The lowest BCUT2D eigenvalue weighted by Crippen LogP contribution is -2.39. The Labute approximate surface area is 177 Å². The first kappa shape index (κ1) is 24.0. The number of rotatable bonds is 8. The second-order valence-corrected chi connectivity index (χ2v) is 8.09. The molecule has 0 atom stereocenters. The van der Waals surface area contributed by atoms with E-state index < -0.39 is 34.2 Å². The maximum atomic E-state index is 13.0. The zero-order valence-corrected chi connectivity index (χ0v) is 17.6. The van der Waals surface area contributed by atoms with Gasteiger partial charge in [-0.15, -0.1) is 0 Å². The monoisotopic (exact) mass is 459 g/mol. The number of hydrogen-bond acceptors (Lipinski definition) is 6. The fraction of sp³-hybridized carbons (Fsp3) is 0.263. The first-order valence-corrected chi connectivity index (χ1v) is 10.5. The van der Waals surface area contributed by atoms with Crippen LogP contribution < -0.4 is 19.2 Å². The van der Waals surface area contributed by atoms with Gasteiger partial charge in [0.25, 0.3) is 5.91 Å². The Morgan fingerprint density at radius 3 is 2.42 bits per heavy atom. The lowest BCUT2D eigenvalue weighted by molar-refractivity contribution is -0.137. The third kappa shape index (κ3) is 6.35. The molecule has 8 nitrogen and oxygen atoms in total. The zero-order valence-electron chi connectivity index (χ0n) is 16.8. The number of carbonyl (C=O) groups excluding carboxylic acids is 1. The second kappa shape index (κ2) is 9.69. The van der Waals surface area contributed by atoms with Gasteiger partial charge in [-0.1, -0.05) is 18.2 Å². The molecule has 2 rings (SSSR count). The smallest absolute Gasteiger partial charge is 0.417 e. The standard InChI is InChI=1S/C19H20F3N3O5S/c1-29-14-8-9-17(30-2)16(10-14)25(31(3,27)28)12-18(26)24-23-11-13-6-4-5-7-15(13)19(20,21)22/h4-11H,12H2,1-3H3,(H,24,26)/b23-11-. The summed E-state index contributed by atoms with van der Waals surface area (Å²) < 4.78 is 74.6. The molecule has 0 aromatic heterocycles. The van der Waals surface area contributed by atoms with Crippen LogP contribution in [0, 0.1) is 0 Å². The molecule has 31 heavy (non-hydrogen) atoms. The number of amides is 1. The average Bonchev–Trinajstić information content (AvgIpc) is 2.70. The fourth-order valence-electron chi connectivity index (χ4n) is 2.58. The summed E-state index contributed by atoms with van der Waals surface area (Å²) in [5.74, 6) is -0.385. The lowest BCUT2D eigenvalue weighted by Gasteiger charge is -2.23. The first-order valence-electron chi connectivity index (χ1n) is 8.65.